The lowest BCUT2D eigenvalue weighted by Gasteiger charge is -2.19. The van der Waals surface area contributed by atoms with Crippen molar-refractivity contribution in [1.82, 2.24) is 20.4 Å². The molecule has 10 heteroatoms. The molecule has 2 heterocycles. The van der Waals surface area contributed by atoms with E-state index in [0.717, 1.165) is 38.5 Å². The van der Waals surface area contributed by atoms with Gasteiger partial charge in [-0.25, -0.2) is 0 Å². The van der Waals surface area contributed by atoms with Gasteiger partial charge in [-0.2, -0.15) is 0 Å². The van der Waals surface area contributed by atoms with Crippen molar-refractivity contribution in [2.24, 2.45) is 11.8 Å². The Labute approximate surface area is 357 Å². The summed E-state index contributed by atoms with van der Waals surface area (Å²) in [5.41, 5.74) is 3.29. The molecule has 2 aliphatic heterocycles. The first-order chi connectivity index (χ1) is 29.3. The van der Waals surface area contributed by atoms with E-state index in [1.807, 2.05) is 41.3 Å². The molecule has 4 aliphatic rings. The Hall–Kier alpha value is -4.54. The molecule has 0 aromatic heterocycles. The summed E-state index contributed by atoms with van der Waals surface area (Å²) < 4.78 is 12.7. The van der Waals surface area contributed by atoms with E-state index in [2.05, 4.69) is 48.7 Å². The van der Waals surface area contributed by atoms with Crippen molar-refractivity contribution in [3.8, 4) is 0 Å². The number of nitrogens with one attached hydrogen (secondary N) is 2. The lowest BCUT2D eigenvalue weighted by molar-refractivity contribution is -0.133. The van der Waals surface area contributed by atoms with Crippen LogP contribution < -0.4 is 10.6 Å². The Morgan fingerprint density at radius 2 is 0.900 bits per heavy atom. The molecule has 322 valence electrons. The zero-order valence-corrected chi connectivity index (χ0v) is 35.8. The van der Waals surface area contributed by atoms with Gasteiger partial charge in [0.25, 0.3) is 11.8 Å². The van der Waals surface area contributed by atoms with E-state index in [1.54, 1.807) is 29.2 Å². The van der Waals surface area contributed by atoms with Crippen molar-refractivity contribution in [2.75, 3.05) is 39.4 Å². The standard InChI is InChI=1S/C50H66N4O6/c1-3-5-7-9-17-27-59-45-33-54(34-46(45)60-28-18-10-8-6-4-2)50(58)38-25-23-37(24-26-38)49(57)53-31-41(47(55)51-43-29-39(43)35-19-13-11-14-20-35)42(32-53)48(56)52-44-30-40(44)36-21-15-12-16-22-36/h11-16,19-26,39-46H,3-10,17-18,27-34H2,1-2H3,(H,51,55)(H,52,56)/t39-,40-,41-,42-,43+,44+,45-,46-/m1/s1. The minimum absolute atomic E-state index is 0.00901. The van der Waals surface area contributed by atoms with Crippen LogP contribution in [-0.2, 0) is 19.1 Å². The van der Waals surface area contributed by atoms with Crippen LogP contribution in [0.2, 0.25) is 0 Å². The topological polar surface area (TPSA) is 117 Å². The first-order valence-electron chi connectivity index (χ1n) is 23.0. The highest BCUT2D eigenvalue weighted by Crippen LogP contribution is 2.42. The highest BCUT2D eigenvalue weighted by Gasteiger charge is 2.49. The van der Waals surface area contributed by atoms with Crippen molar-refractivity contribution < 1.29 is 28.7 Å². The molecular weight excluding hydrogens is 753 g/mol. The van der Waals surface area contributed by atoms with E-state index in [0.29, 0.717) is 37.4 Å². The number of benzene rings is 3. The van der Waals surface area contributed by atoms with E-state index < -0.39 is 11.8 Å². The SMILES string of the molecule is CCCCCCCO[C@@H]1CN(C(=O)c2ccc(C(=O)N3C[C@@H](C(=O)N[C@H]4C[C@@H]4c4ccccc4)[C@H](C(=O)N[C@H]4C[C@@H]4c4ccccc4)C3)cc2)C[C@H]1OCCCCCCC. The lowest BCUT2D eigenvalue weighted by Crippen LogP contribution is -2.43. The van der Waals surface area contributed by atoms with E-state index >= 15 is 0 Å². The molecule has 7 rings (SSSR count). The fourth-order valence-corrected chi connectivity index (χ4v) is 9.16. The van der Waals surface area contributed by atoms with Crippen molar-refractivity contribution in [2.45, 2.75) is 127 Å². The van der Waals surface area contributed by atoms with Crippen LogP contribution >= 0.6 is 0 Å². The first-order valence-corrected chi connectivity index (χ1v) is 23.0. The summed E-state index contributed by atoms with van der Waals surface area (Å²) >= 11 is 0. The predicted octanol–water partition coefficient (Wildman–Crippen LogP) is 7.89. The highest BCUT2D eigenvalue weighted by molar-refractivity contribution is 5.99. The maximum Gasteiger partial charge on any atom is 0.254 e. The van der Waals surface area contributed by atoms with Gasteiger partial charge in [0.05, 0.1) is 11.8 Å². The monoisotopic (exact) mass is 818 g/mol. The van der Waals surface area contributed by atoms with E-state index in [4.69, 9.17) is 9.47 Å². The molecule has 4 amide bonds. The Kier molecular flexibility index (Phi) is 15.5. The van der Waals surface area contributed by atoms with E-state index in [-0.39, 0.29) is 72.8 Å². The van der Waals surface area contributed by atoms with Crippen LogP contribution in [0, 0.1) is 11.8 Å². The molecule has 2 saturated carbocycles. The summed E-state index contributed by atoms with van der Waals surface area (Å²) in [7, 11) is 0. The summed E-state index contributed by atoms with van der Waals surface area (Å²) in [5.74, 6) is -1.59. The minimum Gasteiger partial charge on any atom is -0.374 e. The third-order valence-corrected chi connectivity index (χ3v) is 13.0. The Balaban J connectivity index is 0.968. The number of ether oxygens (including phenoxy) is 2. The maximum atomic E-state index is 14.1. The Morgan fingerprint density at radius 3 is 1.30 bits per heavy atom. The van der Waals surface area contributed by atoms with Gasteiger partial charge in [-0.1, -0.05) is 126 Å². The third kappa shape index (κ3) is 11.4. The van der Waals surface area contributed by atoms with Crippen molar-refractivity contribution >= 4 is 23.6 Å². The number of likely N-dealkylation sites (tertiary alicyclic amines) is 2. The summed E-state index contributed by atoms with van der Waals surface area (Å²) in [6, 6.07) is 27.1. The van der Waals surface area contributed by atoms with Crippen LogP contribution in [0.5, 0.6) is 0 Å². The number of carbonyl (C=O) groups excluding carboxylic acids is 4. The van der Waals surface area contributed by atoms with Crippen LogP contribution in [0.1, 0.15) is 135 Å². The van der Waals surface area contributed by atoms with Crippen LogP contribution in [0.25, 0.3) is 0 Å². The van der Waals surface area contributed by atoms with Gasteiger partial charge in [0.2, 0.25) is 11.8 Å². The molecule has 0 spiro atoms. The quantitative estimate of drug-likeness (QED) is 0.0997. The van der Waals surface area contributed by atoms with Crippen LogP contribution in [0.4, 0.5) is 0 Å². The Morgan fingerprint density at radius 1 is 0.517 bits per heavy atom. The van der Waals surface area contributed by atoms with Gasteiger partial charge in [0.15, 0.2) is 0 Å². The van der Waals surface area contributed by atoms with Gasteiger partial charge >= 0.3 is 0 Å². The molecule has 3 aromatic carbocycles. The second-order valence-electron chi connectivity index (χ2n) is 17.6. The fourth-order valence-electron chi connectivity index (χ4n) is 9.16. The van der Waals surface area contributed by atoms with Crippen molar-refractivity contribution in [3.05, 3.63) is 107 Å². The van der Waals surface area contributed by atoms with Crippen LogP contribution in [-0.4, -0.2) is 97.1 Å². The van der Waals surface area contributed by atoms with Crippen molar-refractivity contribution in [3.63, 3.8) is 0 Å². The zero-order chi connectivity index (χ0) is 41.8. The number of rotatable bonds is 22. The van der Waals surface area contributed by atoms with Gasteiger partial charge in [-0.15, -0.1) is 0 Å². The number of amides is 4. The summed E-state index contributed by atoms with van der Waals surface area (Å²) in [6.07, 6.45) is 12.9. The molecule has 10 nitrogen and oxygen atoms in total. The largest absolute Gasteiger partial charge is 0.374 e. The van der Waals surface area contributed by atoms with Crippen molar-refractivity contribution in [1.29, 1.82) is 0 Å². The molecule has 2 N–H and O–H groups in total. The molecule has 0 unspecified atom stereocenters. The van der Waals surface area contributed by atoms with Gasteiger partial charge in [-0.3, -0.25) is 19.2 Å². The van der Waals surface area contributed by atoms with Crippen LogP contribution in [0.15, 0.2) is 84.9 Å². The summed E-state index contributed by atoms with van der Waals surface area (Å²) in [4.78, 5) is 59.2. The van der Waals surface area contributed by atoms with Crippen LogP contribution in [0.3, 0.4) is 0 Å². The summed E-state index contributed by atoms with van der Waals surface area (Å²) in [5, 5.41) is 6.42. The molecule has 4 fully saturated rings. The Bertz CT molecular complexity index is 1760. The van der Waals surface area contributed by atoms with E-state index in [1.165, 1.54) is 49.7 Å². The smallest absolute Gasteiger partial charge is 0.254 e. The molecule has 60 heavy (non-hydrogen) atoms. The van der Waals surface area contributed by atoms with E-state index in [9.17, 15) is 19.2 Å². The first kappa shape index (κ1) is 43.5. The number of hydrogen-bond acceptors (Lipinski definition) is 6. The fraction of sp³-hybridized carbons (Fsp3) is 0.560. The average molecular weight is 819 g/mol. The number of nitrogens with zero attached hydrogens (tertiary/aromatic N) is 2. The third-order valence-electron chi connectivity index (χ3n) is 13.0. The van der Waals surface area contributed by atoms with Gasteiger partial charge < -0.3 is 29.9 Å². The molecule has 8 atom stereocenters. The molecule has 0 bridgehead atoms. The molecule has 2 saturated heterocycles. The second-order valence-corrected chi connectivity index (χ2v) is 17.6. The molecule has 0 radical (unpaired) electrons. The van der Waals surface area contributed by atoms with Gasteiger partial charge in [-0.05, 0) is 61.1 Å². The molecule has 2 aliphatic carbocycles. The zero-order valence-electron chi connectivity index (χ0n) is 35.8. The minimum atomic E-state index is -0.672. The number of hydrogen-bond donors (Lipinski definition) is 2. The average Bonchev–Trinajstić information content (AvgIpc) is 4.13. The maximum absolute atomic E-state index is 14.1. The molecule has 3 aromatic rings. The lowest BCUT2D eigenvalue weighted by atomic mass is 9.94. The number of unbranched alkanes of at least 4 members (excludes halogenated alkanes) is 8. The van der Waals surface area contributed by atoms with Gasteiger partial charge in [0, 0.05) is 74.4 Å². The molecular formula is C50H66N4O6. The second kappa shape index (κ2) is 21.3. The normalized spacial score (nSPS) is 25.6. The highest BCUT2D eigenvalue weighted by atomic mass is 16.5. The predicted molar refractivity (Wildman–Crippen MR) is 234 cm³/mol. The number of carbonyl (C=O) groups is 4. The van der Waals surface area contributed by atoms with Gasteiger partial charge in [0.1, 0.15) is 12.2 Å². The summed E-state index contributed by atoms with van der Waals surface area (Å²) in [6.45, 7) is 6.98.